The fourth-order valence-corrected chi connectivity index (χ4v) is 5.76. The lowest BCUT2D eigenvalue weighted by Crippen LogP contribution is -2.57. The zero-order valence-electron chi connectivity index (χ0n) is 20.3. The lowest BCUT2D eigenvalue weighted by molar-refractivity contribution is -0.137. The van der Waals surface area contributed by atoms with Gasteiger partial charge in [0.25, 0.3) is 5.91 Å². The summed E-state index contributed by atoms with van der Waals surface area (Å²) in [5, 5.41) is 8.45. The number of carbonyl (C=O) groups excluding carboxylic acids is 4. The minimum atomic E-state index is -0.922. The first-order chi connectivity index (χ1) is 17.1. The zero-order chi connectivity index (χ0) is 26.0. The van der Waals surface area contributed by atoms with E-state index < -0.39 is 23.9 Å². The van der Waals surface area contributed by atoms with E-state index in [1.165, 1.54) is 28.4 Å². The summed E-state index contributed by atoms with van der Waals surface area (Å²) in [5.74, 6) is -2.46. The first-order valence-corrected chi connectivity index (χ1v) is 12.9. The van der Waals surface area contributed by atoms with Gasteiger partial charge in [0.05, 0.1) is 11.7 Å². The molecule has 1 aliphatic heterocycles. The van der Waals surface area contributed by atoms with E-state index in [1.807, 2.05) is 7.05 Å². The molecule has 4 rings (SSSR count). The number of aromatic nitrogens is 1. The molecule has 0 unspecified atom stereocenters. The van der Waals surface area contributed by atoms with Crippen molar-refractivity contribution >= 4 is 52.5 Å². The quantitative estimate of drug-likeness (QED) is 0.492. The summed E-state index contributed by atoms with van der Waals surface area (Å²) >= 11 is 7.06. The molecule has 0 radical (unpaired) electrons. The maximum absolute atomic E-state index is 13.1. The number of hydrogen-bond acceptors (Lipinski definition) is 8. The van der Waals surface area contributed by atoms with Crippen LogP contribution in [-0.2, 0) is 27.3 Å². The number of thiazole rings is 1. The third kappa shape index (κ3) is 6.05. The van der Waals surface area contributed by atoms with Crippen LogP contribution in [-0.4, -0.2) is 78.2 Å². The second kappa shape index (κ2) is 11.0. The Morgan fingerprint density at radius 1 is 1.14 bits per heavy atom. The first-order valence-electron chi connectivity index (χ1n) is 11.7. The first kappa shape index (κ1) is 26.1. The molecular formula is C23H29ClN6O5S. The van der Waals surface area contributed by atoms with Crippen molar-refractivity contribution in [1.82, 2.24) is 25.4 Å². The second-order valence-corrected chi connectivity index (χ2v) is 10.8. The van der Waals surface area contributed by atoms with Crippen molar-refractivity contribution in [3.63, 3.8) is 0 Å². The van der Waals surface area contributed by atoms with Crippen LogP contribution in [0.3, 0.4) is 0 Å². The number of hydrogen-bond donors (Lipinski definition) is 3. The number of nitrogens with zero attached hydrogens (tertiary/aromatic N) is 3. The molecule has 1 fully saturated rings. The third-order valence-electron chi connectivity index (χ3n) is 6.41. The van der Waals surface area contributed by atoms with Crippen LogP contribution < -0.4 is 16.0 Å². The lowest BCUT2D eigenvalue weighted by Gasteiger charge is -2.37. The van der Waals surface area contributed by atoms with E-state index in [2.05, 4.69) is 25.8 Å². The van der Waals surface area contributed by atoms with E-state index in [0.29, 0.717) is 24.3 Å². The van der Waals surface area contributed by atoms with Crippen molar-refractivity contribution in [3.8, 4) is 0 Å². The van der Waals surface area contributed by atoms with E-state index >= 15 is 0 Å². The normalized spacial score (nSPS) is 21.8. The number of nitrogens with one attached hydrogen (secondary N) is 3. The summed E-state index contributed by atoms with van der Waals surface area (Å²) in [4.78, 5) is 60.0. The molecule has 0 aromatic carbocycles. The number of fused-ring (bicyclic) bond motifs is 1. The smallest absolute Gasteiger partial charge is 0.316 e. The number of amides is 4. The van der Waals surface area contributed by atoms with Crippen molar-refractivity contribution in [2.75, 3.05) is 33.0 Å². The Kier molecular flexibility index (Phi) is 7.96. The molecule has 1 aliphatic carbocycles. The topological polar surface area (TPSA) is 137 Å². The number of halogens is 1. The molecule has 0 bridgehead atoms. The Bertz CT molecular complexity index is 1160. The maximum Gasteiger partial charge on any atom is 0.316 e. The van der Waals surface area contributed by atoms with Gasteiger partial charge in [-0.15, -0.1) is 11.3 Å². The van der Waals surface area contributed by atoms with Crippen LogP contribution in [0.1, 0.15) is 39.6 Å². The fourth-order valence-electron chi connectivity index (χ4n) is 4.53. The van der Waals surface area contributed by atoms with Gasteiger partial charge in [-0.2, -0.15) is 0 Å². The van der Waals surface area contributed by atoms with Crippen molar-refractivity contribution in [1.29, 1.82) is 0 Å². The highest BCUT2D eigenvalue weighted by Crippen LogP contribution is 2.28. The molecule has 2 aromatic rings. The molecule has 13 heteroatoms. The summed E-state index contributed by atoms with van der Waals surface area (Å²) in [6.45, 7) is 1.63. The van der Waals surface area contributed by atoms with Crippen LogP contribution in [0.2, 0.25) is 5.22 Å². The Labute approximate surface area is 217 Å². The minimum absolute atomic E-state index is 0.0424. The highest BCUT2D eigenvalue weighted by atomic mass is 35.5. The zero-order valence-corrected chi connectivity index (χ0v) is 21.9. The van der Waals surface area contributed by atoms with Gasteiger partial charge in [0.2, 0.25) is 11.8 Å². The van der Waals surface area contributed by atoms with E-state index in [-0.39, 0.29) is 28.8 Å². The highest BCUT2D eigenvalue weighted by molar-refractivity contribution is 7.13. The third-order valence-corrected chi connectivity index (χ3v) is 7.69. The number of furan rings is 1. The summed E-state index contributed by atoms with van der Waals surface area (Å²) in [7, 11) is 5.40. The van der Waals surface area contributed by atoms with Crippen molar-refractivity contribution in [3.05, 3.63) is 32.9 Å². The molecule has 2 aromatic heterocycles. The van der Waals surface area contributed by atoms with E-state index in [9.17, 15) is 19.2 Å². The van der Waals surface area contributed by atoms with Crippen LogP contribution in [0, 0.1) is 5.92 Å². The summed E-state index contributed by atoms with van der Waals surface area (Å²) in [6.07, 6.45) is 2.05. The molecule has 3 N–H and O–H groups in total. The van der Waals surface area contributed by atoms with Gasteiger partial charge < -0.3 is 24.9 Å². The Hall–Kier alpha value is -2.96. The van der Waals surface area contributed by atoms with Gasteiger partial charge >= 0.3 is 11.8 Å². The van der Waals surface area contributed by atoms with E-state index in [0.717, 1.165) is 30.1 Å². The SMILES string of the molecule is CN1CCc2nc(C(=O)N[C@@H]3C[C@@H](C(=O)N(C)C)CC[C@@H]3NC(=O)C(=O)Nc3ccc(Cl)o3)sc2C1. The number of likely N-dealkylation sites (N-methyl/N-ethyl adjacent to an activating group) is 1. The monoisotopic (exact) mass is 536 g/mol. The second-order valence-electron chi connectivity index (χ2n) is 9.34. The summed E-state index contributed by atoms with van der Waals surface area (Å²) < 4.78 is 5.07. The average Bonchev–Trinajstić information content (AvgIpc) is 3.44. The molecule has 36 heavy (non-hydrogen) atoms. The van der Waals surface area contributed by atoms with Gasteiger partial charge in [-0.1, -0.05) is 0 Å². The molecule has 194 valence electrons. The van der Waals surface area contributed by atoms with Gasteiger partial charge in [0.1, 0.15) is 0 Å². The standard InChI is InChI=1S/C23H29ClN6O5S/c1-29(2)23(34)12-4-5-13(25-19(31)20(32)28-18-7-6-17(24)35-18)15(10-12)26-21(33)22-27-14-8-9-30(3)11-16(14)36-22/h6-7,12-13,15H,4-5,8-11H2,1-3H3,(H,25,31)(H,26,33)(H,28,32)/t12-,13-,15+/m0/s1. The maximum atomic E-state index is 13.1. The number of rotatable bonds is 5. The highest BCUT2D eigenvalue weighted by Gasteiger charge is 2.37. The fraction of sp³-hybridized carbons (Fsp3) is 0.522. The molecule has 1 saturated carbocycles. The van der Waals surface area contributed by atoms with Crippen LogP contribution in [0.25, 0.3) is 0 Å². The molecular weight excluding hydrogens is 508 g/mol. The Morgan fingerprint density at radius 2 is 1.92 bits per heavy atom. The lowest BCUT2D eigenvalue weighted by atomic mass is 9.81. The molecule has 0 spiro atoms. The number of anilines is 1. The van der Waals surface area contributed by atoms with Gasteiger partial charge in [-0.3, -0.25) is 24.5 Å². The summed E-state index contributed by atoms with van der Waals surface area (Å²) in [6, 6.07) is 1.77. The van der Waals surface area contributed by atoms with Gasteiger partial charge in [0, 0.05) is 56.5 Å². The predicted molar refractivity (Wildman–Crippen MR) is 134 cm³/mol. The van der Waals surface area contributed by atoms with Crippen molar-refractivity contribution in [2.45, 2.75) is 44.3 Å². The molecule has 4 amide bonds. The van der Waals surface area contributed by atoms with E-state index in [1.54, 1.807) is 14.1 Å². The minimum Gasteiger partial charge on any atom is -0.429 e. The Morgan fingerprint density at radius 3 is 2.61 bits per heavy atom. The summed E-state index contributed by atoms with van der Waals surface area (Å²) in [5.41, 5.74) is 0.937. The van der Waals surface area contributed by atoms with Crippen LogP contribution in [0.4, 0.5) is 5.88 Å². The van der Waals surface area contributed by atoms with E-state index in [4.69, 9.17) is 16.0 Å². The largest absolute Gasteiger partial charge is 0.429 e. The molecule has 0 saturated heterocycles. The van der Waals surface area contributed by atoms with Crippen molar-refractivity contribution < 1.29 is 23.6 Å². The van der Waals surface area contributed by atoms with Crippen LogP contribution in [0.15, 0.2) is 16.5 Å². The predicted octanol–water partition coefficient (Wildman–Crippen LogP) is 1.49. The average molecular weight is 537 g/mol. The van der Waals surface area contributed by atoms with Crippen molar-refractivity contribution in [2.24, 2.45) is 5.92 Å². The van der Waals surface area contributed by atoms with Crippen LogP contribution >= 0.6 is 22.9 Å². The van der Waals surface area contributed by atoms with Gasteiger partial charge in [0.15, 0.2) is 10.2 Å². The Balaban J connectivity index is 1.46. The molecule has 2 aliphatic rings. The molecule has 11 nitrogen and oxygen atoms in total. The molecule has 3 heterocycles. The molecule has 3 atom stereocenters. The number of carbonyl (C=O) groups is 4. The van der Waals surface area contributed by atoms with Gasteiger partial charge in [-0.05, 0) is 44.0 Å². The van der Waals surface area contributed by atoms with Crippen LogP contribution in [0.5, 0.6) is 0 Å². The van der Waals surface area contributed by atoms with Gasteiger partial charge in [-0.25, -0.2) is 4.98 Å².